The molecule has 1 atom stereocenters. The minimum absolute atomic E-state index is 0.00452. The molecule has 16 heteroatoms. The van der Waals surface area contributed by atoms with Crippen LogP contribution < -0.4 is 10.6 Å². The SMILES string of the molecule is CCCN(Cc1[nH]c(C(F)(F)F)nc1C(=O)NC1=NC(CC)=C=C=C1)C(=O)C[C@@H](Cc1cc(F)c(F)cc1F)NC(=O)OC(C)(C)C. The van der Waals surface area contributed by atoms with Crippen molar-refractivity contribution in [3.8, 4) is 0 Å². The van der Waals surface area contributed by atoms with Crippen molar-refractivity contribution < 1.29 is 45.5 Å². The zero-order chi connectivity index (χ0) is 35.1. The average molecular weight is 669 g/mol. The molecule has 0 bridgehead atoms. The van der Waals surface area contributed by atoms with Crippen LogP contribution in [-0.2, 0) is 28.7 Å². The van der Waals surface area contributed by atoms with Crippen LogP contribution in [0, 0.1) is 17.5 Å². The lowest BCUT2D eigenvalue weighted by molar-refractivity contribution is -0.144. The highest BCUT2D eigenvalue weighted by molar-refractivity contribution is 6.10. The van der Waals surface area contributed by atoms with E-state index in [0.717, 1.165) is 4.90 Å². The van der Waals surface area contributed by atoms with E-state index in [1.165, 1.54) is 6.08 Å². The molecule has 47 heavy (non-hydrogen) atoms. The van der Waals surface area contributed by atoms with E-state index < -0.39 is 84.1 Å². The Bertz CT molecular complexity index is 1650. The highest BCUT2D eigenvalue weighted by Gasteiger charge is 2.37. The number of rotatable bonds is 11. The van der Waals surface area contributed by atoms with Crippen LogP contribution in [0.1, 0.15) is 81.5 Å². The fourth-order valence-corrected chi connectivity index (χ4v) is 4.37. The molecule has 254 valence electrons. The van der Waals surface area contributed by atoms with Crippen molar-refractivity contribution in [1.82, 2.24) is 25.5 Å². The fraction of sp³-hybridized carbons (Fsp3) is 0.452. The largest absolute Gasteiger partial charge is 0.449 e. The number of alkyl carbamates (subject to hydrolysis) is 1. The maximum absolute atomic E-state index is 14.5. The number of nitrogens with zero attached hydrogens (tertiary/aromatic N) is 3. The summed E-state index contributed by atoms with van der Waals surface area (Å²) in [6, 6.07) is -0.304. The van der Waals surface area contributed by atoms with Crippen LogP contribution in [-0.4, -0.2) is 56.8 Å². The van der Waals surface area contributed by atoms with Crippen molar-refractivity contribution in [2.75, 3.05) is 6.54 Å². The lowest BCUT2D eigenvalue weighted by atomic mass is 10.0. The van der Waals surface area contributed by atoms with Crippen LogP contribution in [0.15, 0.2) is 40.4 Å². The molecule has 3 N–H and O–H groups in total. The number of benzene rings is 1. The van der Waals surface area contributed by atoms with Gasteiger partial charge in [0.1, 0.15) is 17.3 Å². The molecular formula is C31H34F6N6O4. The summed E-state index contributed by atoms with van der Waals surface area (Å²) in [5.74, 6) is -7.16. The number of halogens is 6. The maximum atomic E-state index is 14.5. The molecule has 10 nitrogen and oxygen atoms in total. The summed E-state index contributed by atoms with van der Waals surface area (Å²) in [4.78, 5) is 50.1. The van der Waals surface area contributed by atoms with Gasteiger partial charge in [-0.25, -0.2) is 27.9 Å². The third-order valence-electron chi connectivity index (χ3n) is 6.41. The van der Waals surface area contributed by atoms with Gasteiger partial charge in [-0.15, -0.1) is 0 Å². The summed E-state index contributed by atoms with van der Waals surface area (Å²) in [6.07, 6.45) is -4.93. The molecule has 0 saturated carbocycles. The second kappa shape index (κ2) is 15.2. The Morgan fingerprint density at radius 2 is 1.74 bits per heavy atom. The number of amidine groups is 1. The average Bonchev–Trinajstić information content (AvgIpc) is 3.39. The summed E-state index contributed by atoms with van der Waals surface area (Å²) in [5, 5.41) is 4.81. The molecule has 3 rings (SSSR count). The Hall–Kier alpha value is -4.81. The third-order valence-corrected chi connectivity index (χ3v) is 6.41. The predicted octanol–water partition coefficient (Wildman–Crippen LogP) is 5.86. The predicted molar refractivity (Wildman–Crippen MR) is 157 cm³/mol. The molecule has 0 fully saturated rings. The van der Waals surface area contributed by atoms with E-state index in [2.05, 4.69) is 37.1 Å². The Balaban J connectivity index is 1.91. The molecule has 0 unspecified atom stereocenters. The van der Waals surface area contributed by atoms with Crippen LogP contribution in [0.3, 0.4) is 0 Å². The van der Waals surface area contributed by atoms with Crippen LogP contribution >= 0.6 is 0 Å². The normalized spacial score (nSPS) is 13.5. The van der Waals surface area contributed by atoms with Gasteiger partial charge in [0.25, 0.3) is 5.91 Å². The Morgan fingerprint density at radius 1 is 1.06 bits per heavy atom. The molecule has 0 aliphatic carbocycles. The molecule has 0 saturated heterocycles. The Kier molecular flexibility index (Phi) is 11.8. The summed E-state index contributed by atoms with van der Waals surface area (Å²) in [6.45, 7) is 7.64. The van der Waals surface area contributed by atoms with Gasteiger partial charge >= 0.3 is 12.3 Å². The number of hydrogen-bond acceptors (Lipinski definition) is 6. The smallest absolute Gasteiger partial charge is 0.444 e. The molecule has 2 heterocycles. The zero-order valence-corrected chi connectivity index (χ0v) is 26.3. The highest BCUT2D eigenvalue weighted by atomic mass is 19.4. The number of aromatic nitrogens is 2. The first-order chi connectivity index (χ1) is 21.9. The van der Waals surface area contributed by atoms with E-state index in [1.807, 2.05) is 0 Å². The van der Waals surface area contributed by atoms with E-state index in [4.69, 9.17) is 4.74 Å². The fourth-order valence-electron chi connectivity index (χ4n) is 4.37. The molecular weight excluding hydrogens is 634 g/mol. The minimum atomic E-state index is -4.97. The van der Waals surface area contributed by atoms with Crippen LogP contribution in [0.4, 0.5) is 31.1 Å². The van der Waals surface area contributed by atoms with E-state index in [9.17, 15) is 40.7 Å². The van der Waals surface area contributed by atoms with Gasteiger partial charge in [-0.1, -0.05) is 19.6 Å². The number of aliphatic imine (C=N–C) groups is 1. The van der Waals surface area contributed by atoms with Gasteiger partial charge in [-0.05, 0) is 57.4 Å². The van der Waals surface area contributed by atoms with Gasteiger partial charge in [0.15, 0.2) is 17.3 Å². The number of ether oxygens (including phenoxy) is 1. The quantitative estimate of drug-likeness (QED) is 0.157. The van der Waals surface area contributed by atoms with Gasteiger partial charge < -0.3 is 25.3 Å². The minimum Gasteiger partial charge on any atom is -0.444 e. The number of allylic oxidation sites excluding steroid dienone is 1. The van der Waals surface area contributed by atoms with Crippen molar-refractivity contribution in [2.45, 2.75) is 84.7 Å². The molecule has 3 amide bonds. The third kappa shape index (κ3) is 10.6. The number of nitrogens with one attached hydrogen (secondary N) is 3. The summed E-state index contributed by atoms with van der Waals surface area (Å²) >= 11 is 0. The molecule has 1 aromatic carbocycles. The van der Waals surface area contributed by atoms with E-state index in [0.29, 0.717) is 30.7 Å². The lowest BCUT2D eigenvalue weighted by Crippen LogP contribution is -2.44. The van der Waals surface area contributed by atoms with Gasteiger partial charge in [-0.3, -0.25) is 9.59 Å². The van der Waals surface area contributed by atoms with Crippen molar-refractivity contribution in [1.29, 1.82) is 0 Å². The van der Waals surface area contributed by atoms with Gasteiger partial charge in [0.05, 0.1) is 17.9 Å². The van der Waals surface area contributed by atoms with Crippen molar-refractivity contribution in [3.63, 3.8) is 0 Å². The lowest BCUT2D eigenvalue weighted by Gasteiger charge is -2.27. The highest BCUT2D eigenvalue weighted by Crippen LogP contribution is 2.28. The van der Waals surface area contributed by atoms with Crippen molar-refractivity contribution >= 4 is 23.7 Å². The molecule has 1 aromatic heterocycles. The monoisotopic (exact) mass is 668 g/mol. The number of carbonyl (C=O) groups excluding carboxylic acids is 3. The standard InChI is InChI=1S/C31H34F6N6O4/c1-6-11-43(16-23-26(42-28(40-23)31(35,36)37)27(45)41-24-10-8-9-18(7-2)38-24)25(44)14-19(39-29(46)47-30(3,4)5)12-17-13-21(33)22(34)15-20(17)32/h10,13,15,19H,6-7,11-12,14,16H2,1-5H3,(H,39,46)(H,40,42)(H,38,41,45)/t19-/m1/s1. The second-order valence-corrected chi connectivity index (χ2v) is 11.5. The number of aromatic amines is 1. The van der Waals surface area contributed by atoms with Gasteiger partial charge in [0, 0.05) is 31.1 Å². The zero-order valence-electron chi connectivity index (χ0n) is 26.3. The number of carbonyl (C=O) groups is 3. The number of hydrogen-bond donors (Lipinski definition) is 3. The van der Waals surface area contributed by atoms with Gasteiger partial charge in [0.2, 0.25) is 11.7 Å². The number of H-pyrrole nitrogens is 1. The number of imidazole rings is 1. The first kappa shape index (κ1) is 36.7. The first-order valence-electron chi connectivity index (χ1n) is 14.6. The van der Waals surface area contributed by atoms with E-state index in [-0.39, 0.29) is 23.6 Å². The van der Waals surface area contributed by atoms with Crippen LogP contribution in [0.2, 0.25) is 0 Å². The molecule has 1 aliphatic heterocycles. The maximum Gasteiger partial charge on any atom is 0.449 e. The second-order valence-electron chi connectivity index (χ2n) is 11.5. The van der Waals surface area contributed by atoms with Crippen LogP contribution in [0.25, 0.3) is 0 Å². The topological polar surface area (TPSA) is 129 Å². The summed E-state index contributed by atoms with van der Waals surface area (Å²) < 4.78 is 88.2. The molecule has 0 radical (unpaired) electrons. The first-order valence-corrected chi connectivity index (χ1v) is 14.6. The number of alkyl halides is 3. The Morgan fingerprint density at radius 3 is 2.36 bits per heavy atom. The summed E-state index contributed by atoms with van der Waals surface area (Å²) in [7, 11) is 0. The van der Waals surface area contributed by atoms with E-state index in [1.54, 1.807) is 34.6 Å². The van der Waals surface area contributed by atoms with Crippen LogP contribution in [0.5, 0.6) is 0 Å². The molecule has 1 aliphatic rings. The Labute approximate surface area is 266 Å². The summed E-state index contributed by atoms with van der Waals surface area (Å²) in [5.41, 5.74) is 3.52. The van der Waals surface area contributed by atoms with Crippen molar-refractivity contribution in [3.05, 3.63) is 75.6 Å². The molecule has 0 spiro atoms. The van der Waals surface area contributed by atoms with Crippen molar-refractivity contribution in [2.24, 2.45) is 4.99 Å². The van der Waals surface area contributed by atoms with Gasteiger partial charge in [-0.2, -0.15) is 13.2 Å². The molecule has 2 aromatic rings. The van der Waals surface area contributed by atoms with E-state index >= 15 is 0 Å². The number of amides is 3.